The maximum absolute atomic E-state index is 12.4. The fraction of sp³-hybridized carbons (Fsp3) is 0.346. The number of hydrogen-bond donors (Lipinski definition) is 2. The summed E-state index contributed by atoms with van der Waals surface area (Å²) in [6, 6.07) is 9.28. The van der Waals surface area contributed by atoms with Gasteiger partial charge >= 0.3 is 0 Å². The van der Waals surface area contributed by atoms with Crippen molar-refractivity contribution in [3.05, 3.63) is 82.6 Å². The number of pyridine rings is 1. The average molecular weight is 447 g/mol. The molecule has 2 N–H and O–H groups in total. The molecule has 0 bridgehead atoms. The van der Waals surface area contributed by atoms with E-state index in [0.29, 0.717) is 24.6 Å². The summed E-state index contributed by atoms with van der Waals surface area (Å²) < 4.78 is 5.66. The zero-order valence-electron chi connectivity index (χ0n) is 19.0. The topological polar surface area (TPSA) is 91.3 Å². The van der Waals surface area contributed by atoms with Crippen LogP contribution in [-0.2, 0) is 13.0 Å². The second kappa shape index (κ2) is 10.4. The van der Waals surface area contributed by atoms with Gasteiger partial charge in [-0.15, -0.1) is 6.58 Å². The minimum absolute atomic E-state index is 0.148. The predicted octanol–water partition coefficient (Wildman–Crippen LogP) is 4.04. The van der Waals surface area contributed by atoms with Gasteiger partial charge in [-0.2, -0.15) is 0 Å². The van der Waals surface area contributed by atoms with Crippen molar-refractivity contribution in [3.63, 3.8) is 0 Å². The van der Waals surface area contributed by atoms with Gasteiger partial charge in [0.05, 0.1) is 12.3 Å². The molecule has 2 aromatic heterocycles. The molecule has 172 valence electrons. The molecule has 3 heterocycles. The van der Waals surface area contributed by atoms with E-state index in [9.17, 15) is 9.90 Å². The molecule has 1 fully saturated rings. The van der Waals surface area contributed by atoms with Crippen molar-refractivity contribution >= 4 is 0 Å². The number of H-pyrrole nitrogens is 1. The van der Waals surface area contributed by atoms with Gasteiger partial charge in [-0.3, -0.25) is 14.7 Å². The molecule has 4 rings (SSSR count). The van der Waals surface area contributed by atoms with Crippen LogP contribution in [0, 0.1) is 0 Å². The highest BCUT2D eigenvalue weighted by Crippen LogP contribution is 2.34. The van der Waals surface area contributed by atoms with Crippen LogP contribution < -0.4 is 10.3 Å². The summed E-state index contributed by atoms with van der Waals surface area (Å²) in [4.78, 5) is 26.5. The van der Waals surface area contributed by atoms with Crippen LogP contribution in [0.1, 0.15) is 42.5 Å². The van der Waals surface area contributed by atoms with E-state index in [1.165, 1.54) is 0 Å². The lowest BCUT2D eigenvalue weighted by atomic mass is 9.94. The van der Waals surface area contributed by atoms with Crippen molar-refractivity contribution in [1.29, 1.82) is 0 Å². The maximum Gasteiger partial charge on any atom is 0.251 e. The first-order valence-electron chi connectivity index (χ1n) is 11.4. The molecular formula is C26H30N4O3. The number of aromatic nitrogens is 3. The molecule has 7 nitrogen and oxygen atoms in total. The molecule has 3 aromatic rings. The lowest BCUT2D eigenvalue weighted by Crippen LogP contribution is -2.34. The molecule has 0 amide bonds. The van der Waals surface area contributed by atoms with E-state index in [1.54, 1.807) is 24.5 Å². The molecule has 7 heteroatoms. The highest BCUT2D eigenvalue weighted by atomic mass is 16.5. The largest absolute Gasteiger partial charge is 0.504 e. The van der Waals surface area contributed by atoms with E-state index in [2.05, 4.69) is 21.4 Å². The van der Waals surface area contributed by atoms with Crippen molar-refractivity contribution < 1.29 is 9.84 Å². The molecule has 0 spiro atoms. The second-order valence-corrected chi connectivity index (χ2v) is 8.36. The number of hydrogen-bond acceptors (Lipinski definition) is 6. The first-order valence-corrected chi connectivity index (χ1v) is 11.4. The zero-order chi connectivity index (χ0) is 23.2. The number of rotatable bonds is 8. The third-order valence-corrected chi connectivity index (χ3v) is 5.90. The number of benzene rings is 1. The minimum Gasteiger partial charge on any atom is -0.504 e. The Hall–Kier alpha value is -3.45. The molecule has 1 aliphatic heterocycles. The Morgan fingerprint density at radius 2 is 2.24 bits per heavy atom. The lowest BCUT2D eigenvalue weighted by molar-refractivity contribution is 0.198. The number of aromatic hydroxyl groups is 1. The van der Waals surface area contributed by atoms with E-state index in [4.69, 9.17) is 9.72 Å². The minimum atomic E-state index is -0.148. The molecular weight excluding hydrogens is 416 g/mol. The number of piperidine rings is 1. The number of phenols is 1. The highest BCUT2D eigenvalue weighted by molar-refractivity contribution is 5.53. The van der Waals surface area contributed by atoms with E-state index in [-0.39, 0.29) is 17.2 Å². The van der Waals surface area contributed by atoms with Gasteiger partial charge in [-0.25, -0.2) is 4.98 Å². The van der Waals surface area contributed by atoms with Crippen LogP contribution in [0.25, 0.3) is 11.4 Å². The summed E-state index contributed by atoms with van der Waals surface area (Å²) in [5, 5.41) is 10.5. The zero-order valence-corrected chi connectivity index (χ0v) is 19.0. The Balaban J connectivity index is 1.55. The number of nitrogens with one attached hydrogen (secondary N) is 1. The Kier molecular flexibility index (Phi) is 7.19. The quantitative estimate of drug-likeness (QED) is 0.508. The molecule has 1 atom stereocenters. The van der Waals surface area contributed by atoms with Gasteiger partial charge in [0.15, 0.2) is 11.5 Å². The van der Waals surface area contributed by atoms with Gasteiger partial charge < -0.3 is 14.8 Å². The van der Waals surface area contributed by atoms with Crippen LogP contribution in [0.15, 0.2) is 60.2 Å². The van der Waals surface area contributed by atoms with Gasteiger partial charge in [-0.1, -0.05) is 12.1 Å². The summed E-state index contributed by atoms with van der Waals surface area (Å²) in [7, 11) is 0. The van der Waals surface area contributed by atoms with Crippen LogP contribution >= 0.6 is 0 Å². The van der Waals surface area contributed by atoms with Crippen molar-refractivity contribution in [3.8, 4) is 22.9 Å². The van der Waals surface area contributed by atoms with E-state index in [0.717, 1.165) is 54.9 Å². The first-order chi connectivity index (χ1) is 16.1. The Bertz CT molecular complexity index is 1160. The van der Waals surface area contributed by atoms with Crippen LogP contribution in [0.3, 0.4) is 0 Å². The second-order valence-electron chi connectivity index (χ2n) is 8.36. The summed E-state index contributed by atoms with van der Waals surface area (Å²) in [5.41, 5.74) is 3.37. The number of nitrogens with zero attached hydrogens (tertiary/aromatic N) is 3. The van der Waals surface area contributed by atoms with Gasteiger partial charge in [0, 0.05) is 48.6 Å². The molecule has 1 aromatic carbocycles. The molecule has 0 radical (unpaired) electrons. The smallest absolute Gasteiger partial charge is 0.251 e. The Morgan fingerprint density at radius 1 is 1.36 bits per heavy atom. The van der Waals surface area contributed by atoms with Gasteiger partial charge in [0.25, 0.3) is 5.56 Å². The third kappa shape index (κ3) is 5.49. The number of ether oxygens (including phenoxy) is 1. The maximum atomic E-state index is 12.4. The summed E-state index contributed by atoms with van der Waals surface area (Å²) in [6.45, 7) is 8.71. The highest BCUT2D eigenvalue weighted by Gasteiger charge is 2.24. The molecule has 0 aliphatic carbocycles. The van der Waals surface area contributed by atoms with Crippen LogP contribution in [0.5, 0.6) is 11.5 Å². The van der Waals surface area contributed by atoms with Crippen molar-refractivity contribution in [2.24, 2.45) is 0 Å². The van der Waals surface area contributed by atoms with Gasteiger partial charge in [0.2, 0.25) is 0 Å². The summed E-state index contributed by atoms with van der Waals surface area (Å²) in [5.74, 6) is 1.43. The summed E-state index contributed by atoms with van der Waals surface area (Å²) in [6.07, 6.45) is 7.78. The van der Waals surface area contributed by atoms with E-state index < -0.39 is 0 Å². The normalized spacial score (nSPS) is 16.5. The fourth-order valence-corrected chi connectivity index (χ4v) is 4.42. The van der Waals surface area contributed by atoms with Gasteiger partial charge in [-0.05, 0) is 56.5 Å². The number of allylic oxidation sites excluding steroid dienone is 1. The van der Waals surface area contributed by atoms with Crippen LogP contribution in [0.2, 0.25) is 0 Å². The number of aromatic amines is 1. The van der Waals surface area contributed by atoms with Crippen molar-refractivity contribution in [2.45, 2.75) is 38.6 Å². The first kappa shape index (κ1) is 22.7. The summed E-state index contributed by atoms with van der Waals surface area (Å²) >= 11 is 0. The van der Waals surface area contributed by atoms with E-state index in [1.807, 2.05) is 31.2 Å². The van der Waals surface area contributed by atoms with Crippen LogP contribution in [-0.4, -0.2) is 44.7 Å². The number of likely N-dealkylation sites (tertiary alicyclic amines) is 1. The molecule has 0 saturated carbocycles. The molecule has 1 aliphatic rings. The van der Waals surface area contributed by atoms with Crippen molar-refractivity contribution in [1.82, 2.24) is 19.9 Å². The Morgan fingerprint density at radius 3 is 3.00 bits per heavy atom. The predicted molar refractivity (Wildman–Crippen MR) is 129 cm³/mol. The SMILES string of the molecule is C=CCc1cc(CN2CCC[C@@H](c3cc(=O)[nH]c(-c4cccnc4)n3)C2)cc(OCC)c1O. The third-order valence-electron chi connectivity index (χ3n) is 5.90. The lowest BCUT2D eigenvalue weighted by Gasteiger charge is -2.32. The molecule has 1 saturated heterocycles. The van der Waals surface area contributed by atoms with Crippen molar-refractivity contribution in [2.75, 3.05) is 19.7 Å². The fourth-order valence-electron chi connectivity index (χ4n) is 4.42. The molecule has 0 unspecified atom stereocenters. The standard InChI is InChI=1S/C26H30N4O3/c1-3-7-19-12-18(13-23(25(19)32)33-4-2)16-30-11-6-9-21(17-30)22-14-24(31)29-26(28-22)20-8-5-10-27-15-20/h3,5,8,10,12-15,21,32H,1,4,6-7,9,11,16-17H2,2H3,(H,28,29,31)/t21-/m1/s1. The Labute approximate surface area is 193 Å². The van der Waals surface area contributed by atoms with E-state index >= 15 is 0 Å². The average Bonchev–Trinajstić information content (AvgIpc) is 2.83. The monoisotopic (exact) mass is 446 g/mol. The van der Waals surface area contributed by atoms with Crippen LogP contribution in [0.4, 0.5) is 0 Å². The van der Waals surface area contributed by atoms with Gasteiger partial charge in [0.1, 0.15) is 5.82 Å². The molecule has 33 heavy (non-hydrogen) atoms. The number of phenolic OH excluding ortho intramolecular Hbond substituents is 1.